The molecule has 1 heterocycles. The number of nitrogens with one attached hydrogen (secondary N) is 1. The van der Waals surface area contributed by atoms with Crippen LogP contribution in [0.3, 0.4) is 0 Å². The molecule has 0 bridgehead atoms. The van der Waals surface area contributed by atoms with Gasteiger partial charge in [-0.1, -0.05) is 37.3 Å². The maximum atomic E-state index is 14.0. The van der Waals surface area contributed by atoms with Crippen LogP contribution in [0.2, 0.25) is 0 Å². The first-order chi connectivity index (χ1) is 9.65. The molecule has 0 radical (unpaired) electrons. The first-order valence-electron chi connectivity index (χ1n) is 6.90. The van der Waals surface area contributed by atoms with Crippen molar-refractivity contribution in [3.63, 3.8) is 0 Å². The molecule has 1 N–H and O–H groups in total. The van der Waals surface area contributed by atoms with Crippen molar-refractivity contribution in [1.29, 1.82) is 0 Å². The van der Waals surface area contributed by atoms with E-state index < -0.39 is 11.6 Å². The Morgan fingerprint density at radius 1 is 1.15 bits per heavy atom. The fraction of sp³-hybridized carbons (Fsp3) is 0.294. The van der Waals surface area contributed by atoms with E-state index in [1.165, 1.54) is 11.6 Å². The monoisotopic (exact) mass is 273 g/mol. The van der Waals surface area contributed by atoms with Gasteiger partial charge in [0, 0.05) is 18.7 Å². The van der Waals surface area contributed by atoms with Crippen molar-refractivity contribution in [3.8, 4) is 0 Å². The second-order valence-electron chi connectivity index (χ2n) is 5.43. The van der Waals surface area contributed by atoms with Crippen LogP contribution in [0.4, 0.5) is 8.78 Å². The highest BCUT2D eigenvalue weighted by Gasteiger charge is 2.29. The third kappa shape index (κ3) is 2.46. The van der Waals surface area contributed by atoms with Gasteiger partial charge in [-0.15, -0.1) is 0 Å². The van der Waals surface area contributed by atoms with Crippen LogP contribution >= 0.6 is 0 Å². The Kier molecular flexibility index (Phi) is 3.53. The van der Waals surface area contributed by atoms with Crippen molar-refractivity contribution >= 4 is 0 Å². The summed E-state index contributed by atoms with van der Waals surface area (Å²) in [4.78, 5) is 0. The van der Waals surface area contributed by atoms with Crippen molar-refractivity contribution in [2.24, 2.45) is 0 Å². The van der Waals surface area contributed by atoms with E-state index in [0.717, 1.165) is 18.1 Å². The van der Waals surface area contributed by atoms with Gasteiger partial charge < -0.3 is 5.32 Å². The molecule has 0 saturated heterocycles. The Morgan fingerprint density at radius 2 is 1.90 bits per heavy atom. The highest BCUT2D eigenvalue weighted by Crippen LogP contribution is 2.32. The molecule has 0 amide bonds. The molecule has 20 heavy (non-hydrogen) atoms. The minimum absolute atomic E-state index is 0.0274. The summed E-state index contributed by atoms with van der Waals surface area (Å²) in [7, 11) is 0. The summed E-state index contributed by atoms with van der Waals surface area (Å²) in [5.41, 5.74) is 2.62. The standard InChI is InChI=1S/C17H17F2N/c1-11-16(7-12-5-3-2-4-6-12)20-10-13-8-14(18)9-15(19)17(11)13/h2-6,8-9,11,16,20H,7,10H2,1H3. The van der Waals surface area contributed by atoms with Crippen LogP contribution in [0.25, 0.3) is 0 Å². The maximum absolute atomic E-state index is 14.0. The zero-order chi connectivity index (χ0) is 14.1. The van der Waals surface area contributed by atoms with Crippen molar-refractivity contribution in [2.75, 3.05) is 0 Å². The first-order valence-corrected chi connectivity index (χ1v) is 6.90. The molecular formula is C17H17F2N. The molecule has 0 fully saturated rings. The Balaban J connectivity index is 1.87. The summed E-state index contributed by atoms with van der Waals surface area (Å²) in [5.74, 6) is -0.900. The lowest BCUT2D eigenvalue weighted by Crippen LogP contribution is -2.40. The maximum Gasteiger partial charge on any atom is 0.129 e. The van der Waals surface area contributed by atoms with Gasteiger partial charge in [-0.05, 0) is 35.1 Å². The van der Waals surface area contributed by atoms with Gasteiger partial charge in [0.25, 0.3) is 0 Å². The van der Waals surface area contributed by atoms with Crippen LogP contribution in [0, 0.1) is 11.6 Å². The largest absolute Gasteiger partial charge is 0.309 e. The van der Waals surface area contributed by atoms with Gasteiger partial charge in [0.2, 0.25) is 0 Å². The van der Waals surface area contributed by atoms with Gasteiger partial charge in [-0.3, -0.25) is 0 Å². The lowest BCUT2D eigenvalue weighted by Gasteiger charge is -2.33. The van der Waals surface area contributed by atoms with Crippen LogP contribution in [0.5, 0.6) is 0 Å². The molecule has 0 spiro atoms. The molecule has 0 aromatic heterocycles. The quantitative estimate of drug-likeness (QED) is 0.878. The molecular weight excluding hydrogens is 256 g/mol. The zero-order valence-electron chi connectivity index (χ0n) is 11.4. The predicted octanol–water partition coefficient (Wildman–Crippen LogP) is 3.78. The van der Waals surface area contributed by atoms with E-state index >= 15 is 0 Å². The van der Waals surface area contributed by atoms with E-state index in [9.17, 15) is 8.78 Å². The second kappa shape index (κ2) is 5.33. The molecule has 0 saturated carbocycles. The number of rotatable bonds is 2. The summed E-state index contributed by atoms with van der Waals surface area (Å²) < 4.78 is 27.3. The molecule has 0 aliphatic carbocycles. The smallest absolute Gasteiger partial charge is 0.129 e. The van der Waals surface area contributed by atoms with E-state index in [1.54, 1.807) is 0 Å². The van der Waals surface area contributed by atoms with Crippen LogP contribution < -0.4 is 5.32 Å². The van der Waals surface area contributed by atoms with Crippen LogP contribution in [-0.4, -0.2) is 6.04 Å². The molecule has 2 aromatic carbocycles. The van der Waals surface area contributed by atoms with Gasteiger partial charge in [-0.2, -0.15) is 0 Å². The fourth-order valence-corrected chi connectivity index (χ4v) is 3.03. The van der Waals surface area contributed by atoms with E-state index in [-0.39, 0.29) is 12.0 Å². The third-order valence-corrected chi connectivity index (χ3v) is 4.09. The lowest BCUT2D eigenvalue weighted by molar-refractivity contribution is 0.399. The first kappa shape index (κ1) is 13.3. The number of halogens is 2. The predicted molar refractivity (Wildman–Crippen MR) is 75.5 cm³/mol. The van der Waals surface area contributed by atoms with E-state index in [0.29, 0.717) is 12.1 Å². The Morgan fingerprint density at radius 3 is 2.65 bits per heavy atom. The zero-order valence-corrected chi connectivity index (χ0v) is 11.4. The van der Waals surface area contributed by atoms with Crippen molar-refractivity contribution in [1.82, 2.24) is 5.32 Å². The van der Waals surface area contributed by atoms with Crippen LogP contribution in [-0.2, 0) is 13.0 Å². The Bertz CT molecular complexity index is 610. The minimum atomic E-state index is -0.503. The minimum Gasteiger partial charge on any atom is -0.309 e. The molecule has 2 aromatic rings. The third-order valence-electron chi connectivity index (χ3n) is 4.09. The lowest BCUT2D eigenvalue weighted by atomic mass is 9.83. The van der Waals surface area contributed by atoms with Crippen molar-refractivity contribution < 1.29 is 8.78 Å². The van der Waals surface area contributed by atoms with Crippen LogP contribution in [0.1, 0.15) is 29.5 Å². The summed E-state index contributed by atoms with van der Waals surface area (Å²) in [6, 6.07) is 12.7. The average molecular weight is 273 g/mol. The number of benzene rings is 2. The summed E-state index contributed by atoms with van der Waals surface area (Å²) in [5, 5.41) is 3.39. The topological polar surface area (TPSA) is 12.0 Å². The molecule has 1 nitrogen and oxygen atoms in total. The molecule has 3 rings (SSSR count). The second-order valence-corrected chi connectivity index (χ2v) is 5.43. The molecule has 1 aliphatic rings. The molecule has 2 atom stereocenters. The summed E-state index contributed by atoms with van der Waals surface area (Å²) >= 11 is 0. The van der Waals surface area contributed by atoms with Crippen LogP contribution in [0.15, 0.2) is 42.5 Å². The summed E-state index contributed by atoms with van der Waals surface area (Å²) in [6.07, 6.45) is 0.845. The van der Waals surface area contributed by atoms with Gasteiger partial charge in [-0.25, -0.2) is 8.78 Å². The molecule has 1 aliphatic heterocycles. The number of hydrogen-bond donors (Lipinski definition) is 1. The molecule has 3 heteroatoms. The normalized spacial score (nSPS) is 21.6. The Hall–Kier alpha value is -1.74. The van der Waals surface area contributed by atoms with E-state index in [4.69, 9.17) is 0 Å². The number of fused-ring (bicyclic) bond motifs is 1. The average Bonchev–Trinajstić information content (AvgIpc) is 2.42. The highest BCUT2D eigenvalue weighted by molar-refractivity contribution is 5.36. The van der Waals surface area contributed by atoms with Gasteiger partial charge >= 0.3 is 0 Å². The van der Waals surface area contributed by atoms with Crippen molar-refractivity contribution in [3.05, 3.63) is 70.8 Å². The highest BCUT2D eigenvalue weighted by atomic mass is 19.1. The van der Waals surface area contributed by atoms with Crippen molar-refractivity contribution in [2.45, 2.75) is 31.8 Å². The molecule has 104 valence electrons. The fourth-order valence-electron chi connectivity index (χ4n) is 3.03. The van der Waals surface area contributed by atoms with Gasteiger partial charge in [0.1, 0.15) is 11.6 Å². The van der Waals surface area contributed by atoms with E-state index in [1.807, 2.05) is 25.1 Å². The SMILES string of the molecule is CC1c2c(F)cc(F)cc2CNC1Cc1ccccc1. The summed E-state index contributed by atoms with van der Waals surface area (Å²) in [6.45, 7) is 2.52. The molecule has 2 unspecified atom stereocenters. The van der Waals surface area contributed by atoms with Gasteiger partial charge in [0.05, 0.1) is 0 Å². The number of hydrogen-bond acceptors (Lipinski definition) is 1. The Labute approximate surface area is 117 Å². The van der Waals surface area contributed by atoms with Gasteiger partial charge in [0.15, 0.2) is 0 Å². The van der Waals surface area contributed by atoms with E-state index in [2.05, 4.69) is 17.4 Å².